The molecule has 0 aliphatic carbocycles. The third-order valence-corrected chi connectivity index (χ3v) is 3.76. The molecule has 0 aliphatic rings. The van der Waals surface area contributed by atoms with Gasteiger partial charge in [0.1, 0.15) is 17.1 Å². The zero-order valence-electron chi connectivity index (χ0n) is 14.3. The van der Waals surface area contributed by atoms with Crippen LogP contribution in [0.1, 0.15) is 22.8 Å². The summed E-state index contributed by atoms with van der Waals surface area (Å²) < 4.78 is 130. The van der Waals surface area contributed by atoms with Gasteiger partial charge in [-0.15, -0.1) is 0 Å². The van der Waals surface area contributed by atoms with E-state index in [2.05, 4.69) is 10.1 Å². The number of halogens is 10. The molecule has 2 rings (SSSR count). The van der Waals surface area contributed by atoms with Crippen molar-refractivity contribution < 1.29 is 48.8 Å². The molecule has 0 saturated carbocycles. The highest BCUT2D eigenvalue weighted by molar-refractivity contribution is 5.35. The Morgan fingerprint density at radius 1 is 0.967 bits per heavy atom. The van der Waals surface area contributed by atoms with E-state index in [-0.39, 0.29) is 5.69 Å². The van der Waals surface area contributed by atoms with E-state index in [1.54, 1.807) is 0 Å². The van der Waals surface area contributed by atoms with Gasteiger partial charge in [-0.3, -0.25) is 14.8 Å². The summed E-state index contributed by atoms with van der Waals surface area (Å²) in [5.74, 6) is -11.7. The maximum atomic E-state index is 13.8. The number of rotatable bonds is 5. The Kier molecular flexibility index (Phi) is 5.51. The molecule has 2 aromatic rings. The number of alkyl halides is 10. The zero-order valence-corrected chi connectivity index (χ0v) is 14.3. The predicted octanol–water partition coefficient (Wildman–Crippen LogP) is 4.85. The third kappa shape index (κ3) is 4.02. The molecule has 0 radical (unpaired) electrons. The molecule has 0 spiro atoms. The quantitative estimate of drug-likeness (QED) is 0.368. The van der Waals surface area contributed by atoms with Crippen molar-refractivity contribution in [1.82, 2.24) is 14.8 Å². The monoisotopic (exact) mass is 454 g/mol. The highest BCUT2D eigenvalue weighted by Crippen LogP contribution is 2.48. The summed E-state index contributed by atoms with van der Waals surface area (Å²) in [7, 11) is 0. The first kappa shape index (κ1) is 23.3. The minimum absolute atomic E-state index is 0.311. The molecule has 0 saturated heterocycles. The lowest BCUT2D eigenvalue weighted by atomic mass is 10.1. The van der Waals surface area contributed by atoms with Gasteiger partial charge in [-0.05, 0) is 19.1 Å². The van der Waals surface area contributed by atoms with Gasteiger partial charge in [0.05, 0.1) is 17.2 Å². The van der Waals surface area contributed by atoms with Crippen molar-refractivity contribution in [2.75, 3.05) is 0 Å². The molecule has 0 fully saturated rings. The second-order valence-electron chi connectivity index (χ2n) is 5.88. The molecule has 6 nitrogen and oxygen atoms in total. The Morgan fingerprint density at radius 3 is 1.93 bits per heavy atom. The van der Waals surface area contributed by atoms with Gasteiger partial charge in [0.2, 0.25) is 0 Å². The van der Waals surface area contributed by atoms with Crippen LogP contribution in [0.15, 0.2) is 18.2 Å². The normalized spacial score (nSPS) is 13.6. The Labute approximate surface area is 159 Å². The van der Waals surface area contributed by atoms with Crippen LogP contribution in [-0.4, -0.2) is 32.0 Å². The van der Waals surface area contributed by atoms with Crippen LogP contribution in [-0.2, 0) is 18.4 Å². The molecule has 0 bridgehead atoms. The highest BCUT2D eigenvalue weighted by atomic mass is 19.4. The number of hydrogen-bond acceptors (Lipinski definition) is 4. The van der Waals surface area contributed by atoms with Crippen LogP contribution >= 0.6 is 0 Å². The third-order valence-electron chi connectivity index (χ3n) is 3.76. The van der Waals surface area contributed by atoms with Gasteiger partial charge in [0.15, 0.2) is 0 Å². The Balaban J connectivity index is 2.63. The molecule has 0 aromatic carbocycles. The number of aryl methyl sites for hydroxylation is 1. The van der Waals surface area contributed by atoms with Crippen LogP contribution in [0.3, 0.4) is 0 Å². The van der Waals surface area contributed by atoms with Gasteiger partial charge in [-0.1, -0.05) is 0 Å². The van der Waals surface area contributed by atoms with Crippen molar-refractivity contribution in [3.63, 3.8) is 0 Å². The summed E-state index contributed by atoms with van der Waals surface area (Å²) in [6, 6.07) is 0.900. The van der Waals surface area contributed by atoms with Crippen molar-refractivity contribution in [2.45, 2.75) is 37.7 Å². The maximum Gasteiger partial charge on any atom is 0.459 e. The second-order valence-corrected chi connectivity index (χ2v) is 5.88. The number of hydrogen-bond donors (Lipinski definition) is 0. The molecule has 30 heavy (non-hydrogen) atoms. The Bertz CT molecular complexity index is 965. The molecule has 0 atom stereocenters. The number of nitro groups is 1. The number of pyridine rings is 1. The summed E-state index contributed by atoms with van der Waals surface area (Å²) in [5, 5.41) is 13.3. The number of aromatic nitrogens is 3. The van der Waals surface area contributed by atoms with Crippen molar-refractivity contribution in [1.29, 1.82) is 0 Å². The fourth-order valence-electron chi connectivity index (χ4n) is 2.27. The van der Waals surface area contributed by atoms with Crippen molar-refractivity contribution in [2.24, 2.45) is 0 Å². The van der Waals surface area contributed by atoms with Crippen molar-refractivity contribution >= 4 is 5.69 Å². The molecule has 0 N–H and O–H groups in total. The minimum atomic E-state index is -6.34. The molecule has 2 aromatic heterocycles. The van der Waals surface area contributed by atoms with Gasteiger partial charge in [0.25, 0.3) is 5.69 Å². The van der Waals surface area contributed by atoms with E-state index >= 15 is 0 Å². The standard InChI is InChI=1S/C14H8F10N4O2/c1-6-8(28(29)30)3-2-7(25-6)5-27-10(12(17,18)14(22,23)24)4-9(26-27)11(15,16)13(19,20)21/h2-4H,5H2,1H3. The lowest BCUT2D eigenvalue weighted by Crippen LogP contribution is -2.36. The molecule has 0 amide bonds. The van der Waals surface area contributed by atoms with Crippen LogP contribution in [0.4, 0.5) is 49.6 Å². The van der Waals surface area contributed by atoms with E-state index in [4.69, 9.17) is 0 Å². The SMILES string of the molecule is Cc1nc(Cn2nc(C(F)(F)C(F)(F)F)cc2C(F)(F)C(F)(F)F)ccc1[N+](=O)[O-]. The topological polar surface area (TPSA) is 73.8 Å². The van der Waals surface area contributed by atoms with E-state index in [1.807, 2.05) is 0 Å². The van der Waals surface area contributed by atoms with Gasteiger partial charge >= 0.3 is 24.2 Å². The predicted molar refractivity (Wildman–Crippen MR) is 76.9 cm³/mol. The first-order valence-corrected chi connectivity index (χ1v) is 7.48. The average molecular weight is 454 g/mol. The van der Waals surface area contributed by atoms with Crippen molar-refractivity contribution in [3.05, 3.63) is 51.1 Å². The lowest BCUT2D eigenvalue weighted by molar-refractivity contribution is -0.385. The molecular formula is C14H8F10N4O2. The average Bonchev–Trinajstić information content (AvgIpc) is 2.97. The first-order chi connectivity index (χ1) is 13.4. The molecular weight excluding hydrogens is 446 g/mol. The zero-order chi connectivity index (χ0) is 23.3. The minimum Gasteiger partial charge on any atom is -0.258 e. The van der Waals surface area contributed by atoms with Crippen molar-refractivity contribution in [3.8, 4) is 0 Å². The summed E-state index contributed by atoms with van der Waals surface area (Å²) >= 11 is 0. The first-order valence-electron chi connectivity index (χ1n) is 7.48. The Morgan fingerprint density at radius 2 is 1.50 bits per heavy atom. The van der Waals surface area contributed by atoms with E-state index in [0.29, 0.717) is 0 Å². The smallest absolute Gasteiger partial charge is 0.258 e. The summed E-state index contributed by atoms with van der Waals surface area (Å²) in [5.41, 5.74) is -5.99. The molecule has 166 valence electrons. The van der Waals surface area contributed by atoms with Gasteiger partial charge < -0.3 is 0 Å². The lowest BCUT2D eigenvalue weighted by Gasteiger charge is -2.20. The van der Waals surface area contributed by atoms with Crippen LogP contribution < -0.4 is 0 Å². The van der Waals surface area contributed by atoms with E-state index < -0.39 is 69.2 Å². The summed E-state index contributed by atoms with van der Waals surface area (Å²) in [6.45, 7) is -0.118. The van der Waals surface area contributed by atoms with Gasteiger partial charge in [-0.2, -0.15) is 49.0 Å². The maximum absolute atomic E-state index is 13.8. The van der Waals surface area contributed by atoms with Crippen LogP contribution in [0.2, 0.25) is 0 Å². The Hall–Kier alpha value is -2.94. The molecule has 0 aliphatic heterocycles. The fourth-order valence-corrected chi connectivity index (χ4v) is 2.27. The van der Waals surface area contributed by atoms with Gasteiger partial charge in [-0.25, -0.2) is 4.98 Å². The van der Waals surface area contributed by atoms with Crippen LogP contribution in [0, 0.1) is 17.0 Å². The molecule has 16 heteroatoms. The number of nitrogens with zero attached hydrogens (tertiary/aromatic N) is 4. The van der Waals surface area contributed by atoms with Gasteiger partial charge in [0, 0.05) is 6.07 Å². The largest absolute Gasteiger partial charge is 0.459 e. The van der Waals surface area contributed by atoms with E-state index in [9.17, 15) is 54.0 Å². The summed E-state index contributed by atoms with van der Waals surface area (Å²) in [6.07, 6.45) is -12.7. The summed E-state index contributed by atoms with van der Waals surface area (Å²) in [4.78, 5) is 13.4. The van der Waals surface area contributed by atoms with E-state index in [1.165, 1.54) is 0 Å². The highest BCUT2D eigenvalue weighted by Gasteiger charge is 2.64. The van der Waals surface area contributed by atoms with E-state index in [0.717, 1.165) is 19.1 Å². The second kappa shape index (κ2) is 7.09. The molecule has 0 unspecified atom stereocenters. The fraction of sp³-hybridized carbons (Fsp3) is 0.429. The van der Waals surface area contributed by atoms with Crippen LogP contribution in [0.25, 0.3) is 0 Å². The van der Waals surface area contributed by atoms with Crippen LogP contribution in [0.5, 0.6) is 0 Å². The molecule has 2 heterocycles.